The zero-order valence-electron chi connectivity index (χ0n) is 6.61. The van der Waals surface area contributed by atoms with E-state index >= 15 is 0 Å². The predicted molar refractivity (Wildman–Crippen MR) is 53.2 cm³/mol. The van der Waals surface area contributed by atoms with Gasteiger partial charge in [-0.25, -0.2) is 4.98 Å². The van der Waals surface area contributed by atoms with E-state index in [1.54, 1.807) is 0 Å². The van der Waals surface area contributed by atoms with Crippen molar-refractivity contribution in [2.24, 2.45) is 5.92 Å². The highest BCUT2D eigenvalue weighted by atomic mass is 79.9. The summed E-state index contributed by atoms with van der Waals surface area (Å²) in [5.74, 6) is -0.936. The van der Waals surface area contributed by atoms with Gasteiger partial charge in [-0.05, 0) is 15.9 Å². The Morgan fingerprint density at radius 2 is 2.46 bits per heavy atom. The Balaban J connectivity index is 1.97. The number of carboxylic acids is 1. The van der Waals surface area contributed by atoms with Crippen LogP contribution in [0.5, 0.6) is 0 Å². The molecular formula is C7H7BrN2O2S. The van der Waals surface area contributed by atoms with Crippen LogP contribution in [-0.4, -0.2) is 29.1 Å². The molecule has 13 heavy (non-hydrogen) atoms. The van der Waals surface area contributed by atoms with E-state index in [4.69, 9.17) is 5.11 Å². The number of aromatic nitrogens is 1. The number of hydrogen-bond acceptors (Lipinski definition) is 4. The molecule has 2 rings (SSSR count). The van der Waals surface area contributed by atoms with Crippen molar-refractivity contribution < 1.29 is 9.90 Å². The van der Waals surface area contributed by atoms with E-state index in [-0.39, 0.29) is 5.92 Å². The number of carboxylic acid groups (broad SMARTS) is 1. The van der Waals surface area contributed by atoms with Crippen molar-refractivity contribution in [3.05, 3.63) is 9.98 Å². The lowest BCUT2D eigenvalue weighted by molar-refractivity contribution is -0.142. The molecular weight excluding hydrogens is 256 g/mol. The van der Waals surface area contributed by atoms with E-state index in [1.807, 2.05) is 10.3 Å². The topological polar surface area (TPSA) is 53.4 Å². The third-order valence-electron chi connectivity index (χ3n) is 1.97. The van der Waals surface area contributed by atoms with Crippen LogP contribution < -0.4 is 4.90 Å². The van der Waals surface area contributed by atoms with E-state index in [0.717, 1.165) is 9.73 Å². The molecule has 0 atom stereocenters. The third-order valence-corrected chi connectivity index (χ3v) is 3.58. The monoisotopic (exact) mass is 262 g/mol. The van der Waals surface area contributed by atoms with Gasteiger partial charge >= 0.3 is 5.97 Å². The summed E-state index contributed by atoms with van der Waals surface area (Å²) < 4.78 is 0.811. The third kappa shape index (κ3) is 1.68. The summed E-state index contributed by atoms with van der Waals surface area (Å²) in [5.41, 5.74) is 0. The fraction of sp³-hybridized carbons (Fsp3) is 0.429. The number of halogens is 1. The molecule has 1 fully saturated rings. The molecule has 0 amide bonds. The maximum absolute atomic E-state index is 10.5. The second-order valence-corrected chi connectivity index (χ2v) is 4.54. The Kier molecular flexibility index (Phi) is 2.25. The molecule has 1 aromatic rings. The summed E-state index contributed by atoms with van der Waals surface area (Å²) in [6.45, 7) is 1.16. The number of hydrogen-bond donors (Lipinski definition) is 1. The van der Waals surface area contributed by atoms with Crippen LogP contribution in [-0.2, 0) is 4.79 Å². The molecule has 4 nitrogen and oxygen atoms in total. The molecule has 0 radical (unpaired) electrons. The first kappa shape index (κ1) is 8.96. The van der Waals surface area contributed by atoms with Crippen LogP contribution in [0.15, 0.2) is 9.98 Å². The van der Waals surface area contributed by atoms with Gasteiger partial charge in [0, 0.05) is 18.5 Å². The minimum Gasteiger partial charge on any atom is -0.481 e. The van der Waals surface area contributed by atoms with Crippen molar-refractivity contribution in [3.63, 3.8) is 0 Å². The van der Waals surface area contributed by atoms with Crippen molar-refractivity contribution in [2.75, 3.05) is 18.0 Å². The Bertz CT molecular complexity index is 335. The molecule has 0 aromatic carbocycles. The normalized spacial score (nSPS) is 17.2. The molecule has 6 heteroatoms. The Morgan fingerprint density at radius 3 is 2.92 bits per heavy atom. The second kappa shape index (κ2) is 3.26. The van der Waals surface area contributed by atoms with Crippen LogP contribution in [0, 0.1) is 5.92 Å². The molecule has 1 N–H and O–H groups in total. The molecule has 70 valence electrons. The molecule has 0 spiro atoms. The van der Waals surface area contributed by atoms with Crippen molar-refractivity contribution in [1.82, 2.24) is 4.98 Å². The molecule has 1 aliphatic rings. The molecule has 1 saturated heterocycles. The minimum absolute atomic E-state index is 0.220. The Morgan fingerprint density at radius 1 is 1.77 bits per heavy atom. The average molecular weight is 263 g/mol. The van der Waals surface area contributed by atoms with Gasteiger partial charge in [-0.3, -0.25) is 4.79 Å². The number of aliphatic carboxylic acids is 1. The molecule has 2 heterocycles. The quantitative estimate of drug-likeness (QED) is 0.876. The predicted octanol–water partition coefficient (Wildman–Crippen LogP) is 1.43. The standard InChI is InChI=1S/C7H7BrN2O2S/c8-5-3-13-7(9-5)10-1-4(2-10)6(11)12/h3-4H,1-2H2,(H,11,12). The number of nitrogens with zero attached hydrogens (tertiary/aromatic N) is 2. The smallest absolute Gasteiger partial charge is 0.310 e. The highest BCUT2D eigenvalue weighted by Gasteiger charge is 2.33. The highest BCUT2D eigenvalue weighted by molar-refractivity contribution is 9.10. The number of rotatable bonds is 2. The lowest BCUT2D eigenvalue weighted by Crippen LogP contribution is -2.50. The molecule has 1 aliphatic heterocycles. The molecule has 0 saturated carbocycles. The van der Waals surface area contributed by atoms with Gasteiger partial charge in [0.05, 0.1) is 5.92 Å². The Labute approximate surface area is 87.3 Å². The zero-order valence-corrected chi connectivity index (χ0v) is 9.01. The lowest BCUT2D eigenvalue weighted by Gasteiger charge is -2.36. The van der Waals surface area contributed by atoms with E-state index in [2.05, 4.69) is 20.9 Å². The van der Waals surface area contributed by atoms with Crippen molar-refractivity contribution in [2.45, 2.75) is 0 Å². The summed E-state index contributed by atoms with van der Waals surface area (Å²) >= 11 is 4.78. The lowest BCUT2D eigenvalue weighted by atomic mass is 10.0. The van der Waals surface area contributed by atoms with Crippen molar-refractivity contribution >= 4 is 38.4 Å². The maximum Gasteiger partial charge on any atom is 0.310 e. The first-order valence-corrected chi connectivity index (χ1v) is 5.43. The fourth-order valence-corrected chi connectivity index (χ4v) is 2.45. The van der Waals surface area contributed by atoms with Gasteiger partial charge < -0.3 is 10.0 Å². The van der Waals surface area contributed by atoms with Crippen LogP contribution in [0.1, 0.15) is 0 Å². The average Bonchev–Trinajstić information content (AvgIpc) is 2.31. The molecule has 0 unspecified atom stereocenters. The molecule has 0 aliphatic carbocycles. The van der Waals surface area contributed by atoms with Crippen molar-refractivity contribution in [1.29, 1.82) is 0 Å². The molecule has 0 bridgehead atoms. The van der Waals surface area contributed by atoms with Gasteiger partial charge in [-0.15, -0.1) is 11.3 Å². The number of thiazole rings is 1. The van der Waals surface area contributed by atoms with Crippen LogP contribution >= 0.6 is 27.3 Å². The maximum atomic E-state index is 10.5. The fourth-order valence-electron chi connectivity index (χ4n) is 1.18. The first-order valence-electron chi connectivity index (χ1n) is 3.75. The van der Waals surface area contributed by atoms with Gasteiger partial charge in [0.2, 0.25) is 0 Å². The van der Waals surface area contributed by atoms with Gasteiger partial charge in [0.15, 0.2) is 5.13 Å². The van der Waals surface area contributed by atoms with Gasteiger partial charge in [0.1, 0.15) is 4.60 Å². The summed E-state index contributed by atoms with van der Waals surface area (Å²) in [4.78, 5) is 16.7. The van der Waals surface area contributed by atoms with E-state index < -0.39 is 5.97 Å². The van der Waals surface area contributed by atoms with Gasteiger partial charge in [0.25, 0.3) is 0 Å². The highest BCUT2D eigenvalue weighted by Crippen LogP contribution is 2.29. The van der Waals surface area contributed by atoms with E-state index in [9.17, 15) is 4.79 Å². The SMILES string of the molecule is O=C(O)C1CN(c2nc(Br)cs2)C1. The number of anilines is 1. The summed E-state index contributed by atoms with van der Waals surface area (Å²) in [6, 6.07) is 0. The van der Waals surface area contributed by atoms with E-state index in [1.165, 1.54) is 11.3 Å². The van der Waals surface area contributed by atoms with Crippen LogP contribution in [0.3, 0.4) is 0 Å². The number of carbonyl (C=O) groups is 1. The van der Waals surface area contributed by atoms with Crippen LogP contribution in [0.4, 0.5) is 5.13 Å². The summed E-state index contributed by atoms with van der Waals surface area (Å²) in [6.07, 6.45) is 0. The van der Waals surface area contributed by atoms with Crippen LogP contribution in [0.25, 0.3) is 0 Å². The van der Waals surface area contributed by atoms with Gasteiger partial charge in [-0.1, -0.05) is 0 Å². The first-order chi connectivity index (χ1) is 6.16. The van der Waals surface area contributed by atoms with Gasteiger partial charge in [-0.2, -0.15) is 0 Å². The van der Waals surface area contributed by atoms with Crippen molar-refractivity contribution in [3.8, 4) is 0 Å². The Hall–Kier alpha value is -0.620. The second-order valence-electron chi connectivity index (χ2n) is 2.89. The minimum atomic E-state index is -0.716. The van der Waals surface area contributed by atoms with Crippen LogP contribution in [0.2, 0.25) is 0 Å². The van der Waals surface area contributed by atoms with E-state index in [0.29, 0.717) is 13.1 Å². The molecule has 1 aromatic heterocycles. The summed E-state index contributed by atoms with van der Waals surface area (Å²) in [5, 5.41) is 11.4. The zero-order chi connectivity index (χ0) is 9.42. The summed E-state index contributed by atoms with van der Waals surface area (Å²) in [7, 11) is 0. The largest absolute Gasteiger partial charge is 0.481 e.